The molecule has 0 bridgehead atoms. The zero-order valence-electron chi connectivity index (χ0n) is 16.2. The summed E-state index contributed by atoms with van der Waals surface area (Å²) in [6.07, 6.45) is 1.34. The zero-order valence-corrected chi connectivity index (χ0v) is 16.9. The fourth-order valence-corrected chi connectivity index (χ4v) is 3.82. The number of rotatable bonds is 2. The Hall–Kier alpha value is -2.54. The van der Waals surface area contributed by atoms with Crippen LogP contribution >= 0.6 is 11.6 Å². The molecule has 4 rings (SSSR count). The van der Waals surface area contributed by atoms with Crippen molar-refractivity contribution >= 4 is 28.6 Å². The van der Waals surface area contributed by atoms with Gasteiger partial charge in [-0.2, -0.15) is 5.10 Å². The van der Waals surface area contributed by atoms with Crippen LogP contribution in [0.3, 0.4) is 0 Å². The Morgan fingerprint density at radius 1 is 1.25 bits per heavy atom. The van der Waals surface area contributed by atoms with Crippen LogP contribution in [0.1, 0.15) is 55.8 Å². The van der Waals surface area contributed by atoms with Crippen molar-refractivity contribution in [3.63, 3.8) is 0 Å². The minimum absolute atomic E-state index is 0.0272. The van der Waals surface area contributed by atoms with Crippen LogP contribution in [-0.4, -0.2) is 38.7 Å². The summed E-state index contributed by atoms with van der Waals surface area (Å²) >= 11 is 6.09. The summed E-state index contributed by atoms with van der Waals surface area (Å²) in [4.78, 5) is 26.9. The maximum absolute atomic E-state index is 12.8. The first kappa shape index (κ1) is 18.8. The van der Waals surface area contributed by atoms with Crippen molar-refractivity contribution in [3.05, 3.63) is 51.2 Å². The molecule has 3 aromatic rings. The second kappa shape index (κ2) is 6.81. The largest absolute Gasteiger partial charge is 0.420 e. The van der Waals surface area contributed by atoms with Crippen LogP contribution in [0.5, 0.6) is 0 Å². The number of carbonyl (C=O) groups excluding carboxylic acids is 1. The van der Waals surface area contributed by atoms with Gasteiger partial charge in [0.05, 0.1) is 5.52 Å². The van der Waals surface area contributed by atoms with Gasteiger partial charge in [0, 0.05) is 35.3 Å². The van der Waals surface area contributed by atoms with E-state index in [1.807, 2.05) is 6.07 Å². The van der Waals surface area contributed by atoms with Crippen LogP contribution in [0, 0.1) is 0 Å². The number of aromatic amines is 1. The molecule has 1 saturated heterocycles. The molecule has 3 heterocycles. The van der Waals surface area contributed by atoms with E-state index in [0.717, 1.165) is 5.69 Å². The van der Waals surface area contributed by atoms with Gasteiger partial charge < -0.3 is 9.32 Å². The fraction of sp³-hybridized carbons (Fsp3) is 0.450. The number of aromatic nitrogens is 3. The Bertz CT molecular complexity index is 1080. The van der Waals surface area contributed by atoms with E-state index in [4.69, 9.17) is 16.0 Å². The second-order valence-corrected chi connectivity index (χ2v) is 8.73. The second-order valence-electron chi connectivity index (χ2n) is 8.29. The van der Waals surface area contributed by atoms with Gasteiger partial charge in [0.2, 0.25) is 0 Å². The first-order valence-corrected chi connectivity index (χ1v) is 9.77. The van der Waals surface area contributed by atoms with E-state index in [2.05, 4.69) is 31.0 Å². The SMILES string of the molecule is CC(C)(C)c1cc(C(=O)N2CCC(n3c(=O)oc4ccc(Cl)cc43)CC2)n[nH]1. The smallest absolute Gasteiger partial charge is 0.408 e. The summed E-state index contributed by atoms with van der Waals surface area (Å²) in [5.41, 5.74) is 2.49. The Labute approximate surface area is 167 Å². The molecule has 148 valence electrons. The van der Waals surface area contributed by atoms with Gasteiger partial charge >= 0.3 is 5.76 Å². The van der Waals surface area contributed by atoms with E-state index in [1.54, 1.807) is 27.7 Å². The average molecular weight is 403 g/mol. The minimum Gasteiger partial charge on any atom is -0.408 e. The third-order valence-electron chi connectivity index (χ3n) is 5.30. The van der Waals surface area contributed by atoms with Gasteiger partial charge in [-0.1, -0.05) is 32.4 Å². The van der Waals surface area contributed by atoms with Crippen LogP contribution in [0.4, 0.5) is 0 Å². The summed E-state index contributed by atoms with van der Waals surface area (Å²) in [5.74, 6) is -0.471. The number of nitrogens with zero attached hydrogens (tertiary/aromatic N) is 3. The minimum atomic E-state index is -0.385. The number of halogens is 1. The standard InChI is InChI=1S/C20H23ClN4O3/c1-20(2,3)17-11-14(22-23-17)18(26)24-8-6-13(7-9-24)25-15-10-12(21)4-5-16(15)28-19(25)27/h4-5,10-11,13H,6-9H2,1-3H3,(H,22,23). The first-order chi connectivity index (χ1) is 13.2. The number of oxazole rings is 1. The topological polar surface area (TPSA) is 84.1 Å². The molecule has 0 saturated carbocycles. The molecular weight excluding hydrogens is 380 g/mol. The van der Waals surface area contributed by atoms with Crippen LogP contribution in [0.2, 0.25) is 5.02 Å². The van der Waals surface area contributed by atoms with Crippen molar-refractivity contribution in [2.45, 2.75) is 45.1 Å². The van der Waals surface area contributed by atoms with Crippen LogP contribution in [0.15, 0.2) is 33.5 Å². The van der Waals surface area contributed by atoms with Gasteiger partial charge in [-0.15, -0.1) is 0 Å². The highest BCUT2D eigenvalue weighted by molar-refractivity contribution is 6.31. The van der Waals surface area contributed by atoms with Crippen LogP contribution in [0.25, 0.3) is 11.1 Å². The fourth-order valence-electron chi connectivity index (χ4n) is 3.66. The highest BCUT2D eigenvalue weighted by Gasteiger charge is 2.29. The number of carbonyl (C=O) groups is 1. The number of fused-ring (bicyclic) bond motifs is 1. The molecular formula is C20H23ClN4O3. The number of H-pyrrole nitrogens is 1. The van der Waals surface area contributed by atoms with E-state index < -0.39 is 0 Å². The predicted octanol–water partition coefficient (Wildman–Crippen LogP) is 3.75. The molecule has 1 amide bonds. The van der Waals surface area contributed by atoms with Gasteiger partial charge in [0.25, 0.3) is 5.91 Å². The average Bonchev–Trinajstić information content (AvgIpc) is 3.25. The molecule has 1 aliphatic heterocycles. The van der Waals surface area contributed by atoms with Crippen molar-refractivity contribution in [1.29, 1.82) is 0 Å². The third-order valence-corrected chi connectivity index (χ3v) is 5.53. The van der Waals surface area contributed by atoms with E-state index in [-0.39, 0.29) is 23.1 Å². The molecule has 1 aromatic carbocycles. The Morgan fingerprint density at radius 2 is 1.96 bits per heavy atom. The monoisotopic (exact) mass is 402 g/mol. The van der Waals surface area contributed by atoms with Gasteiger partial charge in [0.15, 0.2) is 5.58 Å². The van der Waals surface area contributed by atoms with Crippen molar-refractivity contribution in [2.24, 2.45) is 0 Å². The number of amides is 1. The highest BCUT2D eigenvalue weighted by atomic mass is 35.5. The normalized spacial score (nSPS) is 16.1. The summed E-state index contributed by atoms with van der Waals surface area (Å²) in [6.45, 7) is 7.32. The van der Waals surface area contributed by atoms with E-state index in [9.17, 15) is 9.59 Å². The highest BCUT2D eigenvalue weighted by Crippen LogP contribution is 2.28. The molecule has 2 aromatic heterocycles. The molecule has 1 N–H and O–H groups in total. The lowest BCUT2D eigenvalue weighted by atomic mass is 9.92. The molecule has 0 atom stereocenters. The van der Waals surface area contributed by atoms with Gasteiger partial charge in [-0.05, 0) is 37.1 Å². The summed E-state index contributed by atoms with van der Waals surface area (Å²) in [6, 6.07) is 6.95. The van der Waals surface area contributed by atoms with Gasteiger partial charge in [-0.25, -0.2) is 4.79 Å². The number of benzene rings is 1. The Balaban J connectivity index is 1.50. The molecule has 0 spiro atoms. The zero-order chi connectivity index (χ0) is 20.1. The summed E-state index contributed by atoms with van der Waals surface area (Å²) in [7, 11) is 0. The summed E-state index contributed by atoms with van der Waals surface area (Å²) in [5, 5.41) is 7.71. The predicted molar refractivity (Wildman–Crippen MR) is 107 cm³/mol. The molecule has 1 aliphatic rings. The lowest BCUT2D eigenvalue weighted by Crippen LogP contribution is -2.40. The quantitative estimate of drug-likeness (QED) is 0.707. The van der Waals surface area contributed by atoms with E-state index in [1.165, 1.54) is 0 Å². The summed E-state index contributed by atoms with van der Waals surface area (Å²) < 4.78 is 7.00. The maximum Gasteiger partial charge on any atom is 0.420 e. The molecule has 28 heavy (non-hydrogen) atoms. The molecule has 0 unspecified atom stereocenters. The van der Waals surface area contributed by atoms with E-state index >= 15 is 0 Å². The maximum atomic E-state index is 12.8. The number of likely N-dealkylation sites (tertiary alicyclic amines) is 1. The van der Waals surface area contributed by atoms with Crippen molar-refractivity contribution in [3.8, 4) is 0 Å². The molecule has 1 fully saturated rings. The lowest BCUT2D eigenvalue weighted by molar-refractivity contribution is 0.0688. The van der Waals surface area contributed by atoms with Crippen molar-refractivity contribution in [2.75, 3.05) is 13.1 Å². The number of hydrogen-bond acceptors (Lipinski definition) is 4. The molecule has 0 aliphatic carbocycles. The third kappa shape index (κ3) is 3.35. The number of hydrogen-bond donors (Lipinski definition) is 1. The van der Waals surface area contributed by atoms with Crippen LogP contribution in [-0.2, 0) is 5.41 Å². The first-order valence-electron chi connectivity index (χ1n) is 9.40. The Morgan fingerprint density at radius 3 is 2.61 bits per heavy atom. The molecule has 0 radical (unpaired) electrons. The number of piperidine rings is 1. The Kier molecular flexibility index (Phi) is 4.57. The van der Waals surface area contributed by atoms with Crippen molar-refractivity contribution < 1.29 is 9.21 Å². The van der Waals surface area contributed by atoms with Gasteiger partial charge in [0.1, 0.15) is 5.69 Å². The molecule has 8 heteroatoms. The number of nitrogens with one attached hydrogen (secondary N) is 1. The molecule has 7 nitrogen and oxygen atoms in total. The van der Waals surface area contributed by atoms with E-state index in [0.29, 0.717) is 47.7 Å². The van der Waals surface area contributed by atoms with Crippen molar-refractivity contribution in [1.82, 2.24) is 19.7 Å². The lowest BCUT2D eigenvalue weighted by Gasteiger charge is -2.31. The van der Waals surface area contributed by atoms with Gasteiger partial charge in [-0.3, -0.25) is 14.5 Å². The van der Waals surface area contributed by atoms with Crippen LogP contribution < -0.4 is 5.76 Å².